The molecular weight excluding hydrogens is 169 g/mol. The molecule has 1 rings (SSSR count). The van der Waals surface area contributed by atoms with Crippen LogP contribution in [-0.4, -0.2) is 12.0 Å². The average Bonchev–Trinajstić information content (AvgIpc) is 2.64. The molecule has 0 heterocycles. The second-order valence-electron chi connectivity index (χ2n) is 3.37. The Balaban J connectivity index is 2.72. The van der Waals surface area contributed by atoms with Gasteiger partial charge in [0.25, 0.3) is 0 Å². The molecule has 1 fully saturated rings. The van der Waals surface area contributed by atoms with E-state index in [9.17, 15) is 18.0 Å². The number of rotatable bonds is 2. The van der Waals surface area contributed by atoms with Crippen molar-refractivity contribution in [2.45, 2.75) is 25.9 Å². The van der Waals surface area contributed by atoms with Crippen LogP contribution >= 0.6 is 0 Å². The van der Waals surface area contributed by atoms with Crippen LogP contribution in [-0.2, 0) is 4.79 Å². The Bertz CT molecular complexity index is 220. The molecule has 0 N–H and O–H groups in total. The van der Waals surface area contributed by atoms with Crippen LogP contribution in [0.4, 0.5) is 13.2 Å². The van der Waals surface area contributed by atoms with Crippen molar-refractivity contribution in [2.75, 3.05) is 0 Å². The Morgan fingerprint density at radius 3 is 2.08 bits per heavy atom. The van der Waals surface area contributed by atoms with Gasteiger partial charge in [0, 0.05) is 5.41 Å². The van der Waals surface area contributed by atoms with Crippen LogP contribution in [0.1, 0.15) is 19.8 Å². The normalized spacial score (nSPS) is 20.3. The third-order valence-electron chi connectivity index (χ3n) is 2.16. The quantitative estimate of drug-likeness (QED) is 0.593. The van der Waals surface area contributed by atoms with E-state index in [1.54, 1.807) is 0 Å². The number of hydrogen-bond acceptors (Lipinski definition) is 1. The molecule has 0 atom stereocenters. The summed E-state index contributed by atoms with van der Waals surface area (Å²) < 4.78 is 35.8. The average molecular weight is 178 g/mol. The van der Waals surface area contributed by atoms with Crippen molar-refractivity contribution in [1.82, 2.24) is 0 Å². The Morgan fingerprint density at radius 2 is 1.83 bits per heavy atom. The molecule has 0 saturated heterocycles. The molecule has 1 saturated carbocycles. The topological polar surface area (TPSA) is 17.1 Å². The van der Waals surface area contributed by atoms with Gasteiger partial charge in [-0.25, -0.2) is 0 Å². The van der Waals surface area contributed by atoms with Crippen molar-refractivity contribution >= 4 is 5.78 Å². The van der Waals surface area contributed by atoms with Crippen LogP contribution < -0.4 is 0 Å². The van der Waals surface area contributed by atoms with Gasteiger partial charge in [0.2, 0.25) is 0 Å². The highest BCUT2D eigenvalue weighted by molar-refractivity contribution is 6.01. The van der Waals surface area contributed by atoms with E-state index in [2.05, 4.69) is 6.58 Å². The maximum absolute atomic E-state index is 11.9. The summed E-state index contributed by atoms with van der Waals surface area (Å²) in [4.78, 5) is 11.1. The van der Waals surface area contributed by atoms with Crippen LogP contribution in [0.3, 0.4) is 0 Å². The number of ketones is 1. The number of Topliss-reactive ketones (excluding diaryl/α,β-unsaturated/α-hetero) is 1. The van der Waals surface area contributed by atoms with E-state index < -0.39 is 22.9 Å². The van der Waals surface area contributed by atoms with Crippen LogP contribution in [0.15, 0.2) is 12.2 Å². The molecule has 1 nitrogen and oxygen atoms in total. The third-order valence-corrected chi connectivity index (χ3v) is 2.16. The van der Waals surface area contributed by atoms with Crippen molar-refractivity contribution < 1.29 is 18.0 Å². The molecular formula is C8H9F3O. The number of alkyl halides is 3. The summed E-state index contributed by atoms with van der Waals surface area (Å²) in [5.41, 5.74) is -1.99. The predicted octanol–water partition coefficient (Wildman–Crippen LogP) is 2.47. The fourth-order valence-corrected chi connectivity index (χ4v) is 0.908. The first-order valence-electron chi connectivity index (χ1n) is 3.58. The van der Waals surface area contributed by atoms with Gasteiger partial charge in [-0.3, -0.25) is 4.79 Å². The summed E-state index contributed by atoms with van der Waals surface area (Å²) in [5.74, 6) is -0.852. The fraction of sp³-hybridized carbons (Fsp3) is 0.625. The molecule has 1 aliphatic carbocycles. The van der Waals surface area contributed by atoms with Crippen molar-refractivity contribution in [3.63, 3.8) is 0 Å². The van der Waals surface area contributed by atoms with Gasteiger partial charge in [-0.2, -0.15) is 13.2 Å². The molecule has 0 spiro atoms. The van der Waals surface area contributed by atoms with E-state index >= 15 is 0 Å². The van der Waals surface area contributed by atoms with Gasteiger partial charge in [-0.15, -0.1) is 0 Å². The molecule has 1 aliphatic rings. The van der Waals surface area contributed by atoms with Gasteiger partial charge >= 0.3 is 6.18 Å². The first-order valence-corrected chi connectivity index (χ1v) is 3.58. The zero-order chi connectivity index (χ0) is 9.57. The number of carbonyl (C=O) groups is 1. The van der Waals surface area contributed by atoms with E-state index in [4.69, 9.17) is 0 Å². The number of halogens is 3. The first kappa shape index (κ1) is 9.29. The second kappa shape index (κ2) is 2.34. The summed E-state index contributed by atoms with van der Waals surface area (Å²) in [6.07, 6.45) is -3.48. The Labute approximate surface area is 68.3 Å². The standard InChI is InChI=1S/C8H9F3O/c1-5(8(9,10)11)6(12)7(2)3-4-7/h1,3-4H2,2H3. The summed E-state index contributed by atoms with van der Waals surface area (Å²) in [6.45, 7) is 4.29. The summed E-state index contributed by atoms with van der Waals surface area (Å²) in [7, 11) is 0. The Morgan fingerprint density at radius 1 is 1.42 bits per heavy atom. The Kier molecular flexibility index (Phi) is 1.81. The van der Waals surface area contributed by atoms with Crippen molar-refractivity contribution in [2.24, 2.45) is 5.41 Å². The molecule has 0 amide bonds. The fourth-order valence-electron chi connectivity index (χ4n) is 0.908. The molecule has 0 aliphatic heterocycles. The summed E-state index contributed by atoms with van der Waals surface area (Å²) >= 11 is 0. The van der Waals surface area contributed by atoms with Crippen LogP contribution in [0.5, 0.6) is 0 Å². The van der Waals surface area contributed by atoms with Crippen molar-refractivity contribution in [3.05, 3.63) is 12.2 Å². The van der Waals surface area contributed by atoms with Crippen molar-refractivity contribution in [3.8, 4) is 0 Å². The van der Waals surface area contributed by atoms with Gasteiger partial charge in [-0.05, 0) is 12.8 Å². The molecule has 0 bridgehead atoms. The lowest BCUT2D eigenvalue weighted by atomic mass is 9.97. The molecule has 0 aromatic heterocycles. The van der Waals surface area contributed by atoms with Crippen molar-refractivity contribution in [1.29, 1.82) is 0 Å². The predicted molar refractivity (Wildman–Crippen MR) is 37.5 cm³/mol. The monoisotopic (exact) mass is 178 g/mol. The molecule has 0 radical (unpaired) electrons. The van der Waals surface area contributed by atoms with Gasteiger partial charge < -0.3 is 0 Å². The molecule has 0 aromatic rings. The third kappa shape index (κ3) is 1.52. The van der Waals surface area contributed by atoms with Gasteiger partial charge in [0.05, 0.1) is 5.57 Å². The lowest BCUT2D eigenvalue weighted by Gasteiger charge is -2.12. The molecule has 12 heavy (non-hydrogen) atoms. The van der Waals surface area contributed by atoms with E-state index in [1.807, 2.05) is 0 Å². The number of hydrogen-bond donors (Lipinski definition) is 0. The minimum Gasteiger partial charge on any atom is -0.294 e. The molecule has 68 valence electrons. The highest BCUT2D eigenvalue weighted by Crippen LogP contribution is 2.49. The minimum atomic E-state index is -4.57. The van der Waals surface area contributed by atoms with Gasteiger partial charge in [-0.1, -0.05) is 13.5 Å². The Hall–Kier alpha value is -0.800. The van der Waals surface area contributed by atoms with Crippen LogP contribution in [0, 0.1) is 5.41 Å². The maximum Gasteiger partial charge on any atom is 0.419 e. The van der Waals surface area contributed by atoms with E-state index in [-0.39, 0.29) is 0 Å². The van der Waals surface area contributed by atoms with E-state index in [1.165, 1.54) is 6.92 Å². The van der Waals surface area contributed by atoms with Gasteiger partial charge in [0.15, 0.2) is 5.78 Å². The lowest BCUT2D eigenvalue weighted by molar-refractivity contribution is -0.132. The van der Waals surface area contributed by atoms with Crippen LogP contribution in [0.25, 0.3) is 0 Å². The number of allylic oxidation sites excluding steroid dienone is 1. The summed E-state index contributed by atoms with van der Waals surface area (Å²) in [6, 6.07) is 0. The minimum absolute atomic E-state index is 0.543. The van der Waals surface area contributed by atoms with Gasteiger partial charge in [0.1, 0.15) is 0 Å². The second-order valence-corrected chi connectivity index (χ2v) is 3.37. The number of carbonyl (C=O) groups excluding carboxylic acids is 1. The largest absolute Gasteiger partial charge is 0.419 e. The highest BCUT2D eigenvalue weighted by Gasteiger charge is 2.50. The first-order chi connectivity index (χ1) is 5.27. The highest BCUT2D eigenvalue weighted by atomic mass is 19.4. The molecule has 0 aromatic carbocycles. The zero-order valence-electron chi connectivity index (χ0n) is 6.66. The molecule has 4 heteroatoms. The van der Waals surface area contributed by atoms with E-state index in [0.717, 1.165) is 0 Å². The summed E-state index contributed by atoms with van der Waals surface area (Å²) in [5, 5.41) is 0. The smallest absolute Gasteiger partial charge is 0.294 e. The SMILES string of the molecule is C=C(C(=O)C1(C)CC1)C(F)(F)F. The zero-order valence-corrected chi connectivity index (χ0v) is 6.66. The maximum atomic E-state index is 11.9. The molecule has 0 unspecified atom stereocenters. The van der Waals surface area contributed by atoms with E-state index in [0.29, 0.717) is 12.8 Å². The van der Waals surface area contributed by atoms with Crippen LogP contribution in [0.2, 0.25) is 0 Å². The lowest BCUT2D eigenvalue weighted by Crippen LogP contribution is -2.24.